The molecule has 0 amide bonds. The first kappa shape index (κ1) is 21.7. The molecule has 0 radical (unpaired) electrons. The van der Waals surface area contributed by atoms with Crippen molar-refractivity contribution >= 4 is 33.1 Å². The number of fused-ring (bicyclic) bond motifs is 2. The zero-order valence-corrected chi connectivity index (χ0v) is 18.9. The molecule has 172 valence electrons. The Bertz CT molecular complexity index is 1340. The van der Waals surface area contributed by atoms with Gasteiger partial charge in [0, 0.05) is 44.6 Å². The lowest BCUT2D eigenvalue weighted by molar-refractivity contribution is -0.141. The molecule has 33 heavy (non-hydrogen) atoms. The molecule has 0 saturated carbocycles. The van der Waals surface area contributed by atoms with Crippen LogP contribution in [0.25, 0.3) is 10.3 Å². The van der Waals surface area contributed by atoms with Gasteiger partial charge < -0.3 is 14.4 Å². The minimum absolute atomic E-state index is 0.0903. The summed E-state index contributed by atoms with van der Waals surface area (Å²) in [4.78, 5) is 25.8. The van der Waals surface area contributed by atoms with Crippen LogP contribution in [0, 0.1) is 24.2 Å². The lowest BCUT2D eigenvalue weighted by atomic mass is 9.92. The monoisotopic (exact) mass is 474 g/mol. The van der Waals surface area contributed by atoms with Crippen LogP contribution in [0.5, 0.6) is 0 Å². The van der Waals surface area contributed by atoms with E-state index in [4.69, 9.17) is 0 Å². The van der Waals surface area contributed by atoms with Crippen LogP contribution in [-0.2, 0) is 13.2 Å². The van der Waals surface area contributed by atoms with E-state index in [-0.39, 0.29) is 23.1 Å². The lowest BCUT2D eigenvalue weighted by Gasteiger charge is -2.40. The molecule has 0 aliphatic carbocycles. The predicted molar refractivity (Wildman–Crippen MR) is 120 cm³/mol. The average molecular weight is 475 g/mol. The molecule has 0 bridgehead atoms. The summed E-state index contributed by atoms with van der Waals surface area (Å²) < 4.78 is 40.9. The summed E-state index contributed by atoms with van der Waals surface area (Å²) in [6.45, 7) is 3.72. The van der Waals surface area contributed by atoms with Crippen molar-refractivity contribution in [3.8, 4) is 6.07 Å². The molecule has 3 aromatic rings. The number of thiazole rings is 1. The highest BCUT2D eigenvalue weighted by Gasteiger charge is 2.41. The second-order valence-electron chi connectivity index (χ2n) is 8.53. The van der Waals surface area contributed by atoms with E-state index in [0.717, 1.165) is 22.3 Å². The minimum atomic E-state index is -4.48. The van der Waals surface area contributed by atoms with Gasteiger partial charge >= 0.3 is 6.18 Å². The topological polar surface area (TPSA) is 78.1 Å². The second kappa shape index (κ2) is 7.73. The van der Waals surface area contributed by atoms with Crippen molar-refractivity contribution in [2.75, 3.05) is 29.4 Å². The van der Waals surface area contributed by atoms with Gasteiger partial charge in [0.15, 0.2) is 0 Å². The summed E-state index contributed by atoms with van der Waals surface area (Å²) in [7, 11) is 1.65. The van der Waals surface area contributed by atoms with E-state index in [1.807, 2.05) is 11.8 Å². The molecule has 0 aromatic carbocycles. The standard InChI is InChI=1S/C22H21F3N6OS/c1-12-28-18-19(15(10-26)20(32)29(2)21(18)33-12)30-7-5-16-13(11-30)4-8-31(16)14-3-6-27-17(9-14)22(23,24)25/h3,6,9,13,16H,4-5,7-8,11H2,1-2H3/t13-,16+/m1/s1. The van der Waals surface area contributed by atoms with Gasteiger partial charge in [0.05, 0.1) is 10.7 Å². The highest BCUT2D eigenvalue weighted by atomic mass is 32.1. The van der Waals surface area contributed by atoms with Gasteiger partial charge in [0.2, 0.25) is 0 Å². The van der Waals surface area contributed by atoms with Gasteiger partial charge in [-0.25, -0.2) is 4.98 Å². The van der Waals surface area contributed by atoms with Gasteiger partial charge in [-0.15, -0.1) is 11.3 Å². The van der Waals surface area contributed by atoms with Crippen LogP contribution in [0.2, 0.25) is 0 Å². The molecule has 0 spiro atoms. The van der Waals surface area contributed by atoms with Crippen molar-refractivity contribution in [2.45, 2.75) is 32.0 Å². The molecule has 11 heteroatoms. The van der Waals surface area contributed by atoms with Gasteiger partial charge in [-0.05, 0) is 37.8 Å². The smallest absolute Gasteiger partial charge is 0.368 e. The third kappa shape index (κ3) is 3.53. The van der Waals surface area contributed by atoms with Crippen molar-refractivity contribution in [3.05, 3.63) is 44.9 Å². The van der Waals surface area contributed by atoms with E-state index in [1.165, 1.54) is 22.1 Å². The Morgan fingerprint density at radius 2 is 2.06 bits per heavy atom. The Morgan fingerprint density at radius 1 is 1.27 bits per heavy atom. The number of alkyl halides is 3. The first-order chi connectivity index (χ1) is 15.7. The van der Waals surface area contributed by atoms with E-state index in [0.29, 0.717) is 42.9 Å². The fraction of sp³-hybridized carbons (Fsp3) is 0.455. The number of halogens is 3. The van der Waals surface area contributed by atoms with E-state index in [2.05, 4.69) is 20.9 Å². The number of hydrogen-bond donors (Lipinski definition) is 0. The maximum atomic E-state index is 13.1. The summed E-state index contributed by atoms with van der Waals surface area (Å²) in [5, 5.41) is 10.6. The number of piperidine rings is 1. The molecule has 5 heterocycles. The number of aryl methyl sites for hydroxylation is 2. The summed E-state index contributed by atoms with van der Waals surface area (Å²) in [5.41, 5.74) is 0.638. The van der Waals surface area contributed by atoms with Crippen LogP contribution in [0.1, 0.15) is 29.1 Å². The first-order valence-electron chi connectivity index (χ1n) is 10.6. The summed E-state index contributed by atoms with van der Waals surface area (Å²) in [6, 6.07) is 4.92. The molecular weight excluding hydrogens is 453 g/mol. The van der Waals surface area contributed by atoms with Gasteiger partial charge in [0.25, 0.3) is 5.56 Å². The molecule has 7 nitrogen and oxygen atoms in total. The normalized spacial score (nSPS) is 20.8. The van der Waals surface area contributed by atoms with Crippen molar-refractivity contribution in [1.29, 1.82) is 5.26 Å². The van der Waals surface area contributed by atoms with Crippen molar-refractivity contribution in [1.82, 2.24) is 14.5 Å². The first-order valence-corrected chi connectivity index (χ1v) is 11.5. The maximum Gasteiger partial charge on any atom is 0.433 e. The predicted octanol–water partition coefficient (Wildman–Crippen LogP) is 3.69. The van der Waals surface area contributed by atoms with Crippen LogP contribution in [-0.4, -0.2) is 40.2 Å². The highest BCUT2D eigenvalue weighted by molar-refractivity contribution is 7.18. The molecule has 3 aromatic heterocycles. The average Bonchev–Trinajstić information content (AvgIpc) is 3.38. The molecule has 2 saturated heterocycles. The summed E-state index contributed by atoms with van der Waals surface area (Å²) in [6.07, 6.45) is -1.75. The molecular formula is C22H21F3N6OS. The molecule has 2 aliphatic rings. The lowest BCUT2D eigenvalue weighted by Crippen LogP contribution is -2.47. The van der Waals surface area contributed by atoms with Gasteiger partial charge in [-0.1, -0.05) is 0 Å². The van der Waals surface area contributed by atoms with E-state index in [9.17, 15) is 23.2 Å². The van der Waals surface area contributed by atoms with E-state index >= 15 is 0 Å². The van der Waals surface area contributed by atoms with E-state index < -0.39 is 11.9 Å². The van der Waals surface area contributed by atoms with Gasteiger partial charge in [0.1, 0.15) is 27.7 Å². The van der Waals surface area contributed by atoms with E-state index in [1.54, 1.807) is 13.1 Å². The van der Waals surface area contributed by atoms with Gasteiger partial charge in [-0.3, -0.25) is 9.78 Å². The minimum Gasteiger partial charge on any atom is -0.368 e. The largest absolute Gasteiger partial charge is 0.433 e. The zero-order valence-electron chi connectivity index (χ0n) is 18.1. The van der Waals surface area contributed by atoms with Crippen molar-refractivity contribution in [2.24, 2.45) is 13.0 Å². The van der Waals surface area contributed by atoms with Crippen LogP contribution >= 0.6 is 11.3 Å². The zero-order chi connectivity index (χ0) is 23.5. The molecule has 2 aliphatic heterocycles. The Kier molecular flexibility index (Phi) is 5.08. The number of hydrogen-bond acceptors (Lipinski definition) is 7. The second-order valence-corrected chi connectivity index (χ2v) is 9.71. The Morgan fingerprint density at radius 3 is 2.79 bits per heavy atom. The maximum absolute atomic E-state index is 13.1. The molecule has 2 atom stereocenters. The number of anilines is 2. The third-order valence-corrected chi connectivity index (χ3v) is 7.68. The molecule has 0 unspecified atom stereocenters. The Labute approximate surface area is 191 Å². The Hall–Kier alpha value is -3.13. The number of nitriles is 1. The van der Waals surface area contributed by atoms with Crippen LogP contribution in [0.15, 0.2) is 23.1 Å². The number of aromatic nitrogens is 3. The SMILES string of the molecule is Cc1nc2c(N3CC[C@H]4[C@H](CCN4c4ccnc(C(F)(F)F)c4)C3)c(C#N)c(=O)n(C)c2s1. The number of nitrogens with zero attached hydrogens (tertiary/aromatic N) is 6. The van der Waals surface area contributed by atoms with Crippen LogP contribution in [0.3, 0.4) is 0 Å². The molecule has 0 N–H and O–H groups in total. The fourth-order valence-electron chi connectivity index (χ4n) is 5.15. The van der Waals surface area contributed by atoms with Crippen LogP contribution in [0.4, 0.5) is 24.5 Å². The van der Waals surface area contributed by atoms with Crippen LogP contribution < -0.4 is 15.4 Å². The molecule has 5 rings (SSSR count). The van der Waals surface area contributed by atoms with Crippen molar-refractivity contribution < 1.29 is 13.2 Å². The summed E-state index contributed by atoms with van der Waals surface area (Å²) in [5.74, 6) is 0.201. The Balaban J connectivity index is 1.47. The number of rotatable bonds is 2. The number of pyridine rings is 2. The quantitative estimate of drug-likeness (QED) is 0.564. The van der Waals surface area contributed by atoms with Crippen molar-refractivity contribution in [3.63, 3.8) is 0 Å². The third-order valence-electron chi connectivity index (χ3n) is 6.63. The fourth-order valence-corrected chi connectivity index (χ4v) is 6.02. The van der Waals surface area contributed by atoms with Gasteiger partial charge in [-0.2, -0.15) is 18.4 Å². The highest BCUT2D eigenvalue weighted by Crippen LogP contribution is 2.40. The molecule has 2 fully saturated rings. The summed E-state index contributed by atoms with van der Waals surface area (Å²) >= 11 is 1.42.